The summed E-state index contributed by atoms with van der Waals surface area (Å²) in [5.41, 5.74) is 0.167. The lowest BCUT2D eigenvalue weighted by Crippen LogP contribution is -2.32. The van der Waals surface area contributed by atoms with Crippen LogP contribution in [-0.4, -0.2) is 24.9 Å². The molecule has 0 amide bonds. The standard InChI is InChI=1S/C10H19ClO2/c1-7-8(2)13-9(5-11)12-6-10(7,3)4/h7-9H,5-6H2,1-4H3. The first kappa shape index (κ1) is 11.3. The lowest BCUT2D eigenvalue weighted by Gasteiger charge is -2.31. The summed E-state index contributed by atoms with van der Waals surface area (Å²) in [6, 6.07) is 0. The van der Waals surface area contributed by atoms with Crippen molar-refractivity contribution in [3.63, 3.8) is 0 Å². The number of hydrogen-bond donors (Lipinski definition) is 0. The lowest BCUT2D eigenvalue weighted by atomic mass is 9.78. The highest BCUT2D eigenvalue weighted by Crippen LogP contribution is 2.34. The Labute approximate surface area is 85.5 Å². The van der Waals surface area contributed by atoms with Gasteiger partial charge in [-0.3, -0.25) is 0 Å². The van der Waals surface area contributed by atoms with E-state index in [2.05, 4.69) is 27.7 Å². The predicted octanol–water partition coefficient (Wildman–Crippen LogP) is 2.65. The Bertz CT molecular complexity index is 170. The van der Waals surface area contributed by atoms with Crippen LogP contribution >= 0.6 is 11.6 Å². The average molecular weight is 207 g/mol. The van der Waals surface area contributed by atoms with E-state index < -0.39 is 0 Å². The van der Waals surface area contributed by atoms with Crippen molar-refractivity contribution in [1.82, 2.24) is 0 Å². The lowest BCUT2D eigenvalue weighted by molar-refractivity contribution is -0.140. The van der Waals surface area contributed by atoms with Crippen molar-refractivity contribution in [3.05, 3.63) is 0 Å². The van der Waals surface area contributed by atoms with Crippen LogP contribution in [0.25, 0.3) is 0 Å². The summed E-state index contributed by atoms with van der Waals surface area (Å²) < 4.78 is 11.2. The van der Waals surface area contributed by atoms with Crippen LogP contribution in [0.1, 0.15) is 27.7 Å². The zero-order valence-corrected chi connectivity index (χ0v) is 9.60. The molecule has 1 saturated heterocycles. The fraction of sp³-hybridized carbons (Fsp3) is 1.00. The molecule has 0 saturated carbocycles. The number of rotatable bonds is 1. The van der Waals surface area contributed by atoms with Crippen molar-refractivity contribution in [2.45, 2.75) is 40.1 Å². The van der Waals surface area contributed by atoms with Crippen LogP contribution in [0, 0.1) is 11.3 Å². The summed E-state index contributed by atoms with van der Waals surface area (Å²) in [5, 5.41) is 0. The quantitative estimate of drug-likeness (QED) is 0.615. The van der Waals surface area contributed by atoms with E-state index in [0.717, 1.165) is 6.61 Å². The second-order valence-corrected chi connectivity index (χ2v) is 4.82. The molecule has 1 heterocycles. The minimum absolute atomic E-state index is 0.167. The van der Waals surface area contributed by atoms with E-state index >= 15 is 0 Å². The highest BCUT2D eigenvalue weighted by molar-refractivity contribution is 6.18. The van der Waals surface area contributed by atoms with Gasteiger partial charge in [0.05, 0.1) is 18.6 Å². The fourth-order valence-electron chi connectivity index (χ4n) is 1.55. The largest absolute Gasteiger partial charge is 0.351 e. The van der Waals surface area contributed by atoms with Gasteiger partial charge >= 0.3 is 0 Å². The van der Waals surface area contributed by atoms with Gasteiger partial charge in [-0.05, 0) is 18.3 Å². The van der Waals surface area contributed by atoms with Gasteiger partial charge < -0.3 is 9.47 Å². The molecule has 1 rings (SSSR count). The molecule has 0 bridgehead atoms. The molecule has 0 aromatic heterocycles. The Morgan fingerprint density at radius 2 is 2.00 bits per heavy atom. The predicted molar refractivity (Wildman–Crippen MR) is 54.0 cm³/mol. The molecule has 0 aromatic carbocycles. The van der Waals surface area contributed by atoms with Gasteiger partial charge in [-0.25, -0.2) is 0 Å². The molecule has 2 nitrogen and oxygen atoms in total. The topological polar surface area (TPSA) is 18.5 Å². The Kier molecular flexibility index (Phi) is 3.61. The van der Waals surface area contributed by atoms with Crippen LogP contribution in [0.4, 0.5) is 0 Å². The molecule has 13 heavy (non-hydrogen) atoms. The first-order valence-corrected chi connectivity index (χ1v) is 5.34. The average Bonchev–Trinajstić information content (AvgIpc) is 2.17. The number of ether oxygens (including phenoxy) is 2. The molecule has 0 spiro atoms. The molecular weight excluding hydrogens is 188 g/mol. The highest BCUT2D eigenvalue weighted by Gasteiger charge is 2.35. The third kappa shape index (κ3) is 2.58. The summed E-state index contributed by atoms with van der Waals surface area (Å²) in [6.45, 7) is 9.41. The second-order valence-electron chi connectivity index (χ2n) is 4.51. The Hall–Kier alpha value is 0.210. The van der Waals surface area contributed by atoms with Crippen LogP contribution in [0.15, 0.2) is 0 Å². The minimum Gasteiger partial charge on any atom is -0.351 e. The zero-order valence-electron chi connectivity index (χ0n) is 8.84. The summed E-state index contributed by atoms with van der Waals surface area (Å²) >= 11 is 5.71. The molecule has 0 aromatic rings. The summed E-state index contributed by atoms with van der Waals surface area (Å²) in [6.07, 6.45) is -0.0258. The van der Waals surface area contributed by atoms with E-state index in [0.29, 0.717) is 11.8 Å². The van der Waals surface area contributed by atoms with E-state index in [1.807, 2.05) is 0 Å². The molecule has 1 aliphatic rings. The van der Waals surface area contributed by atoms with E-state index in [4.69, 9.17) is 21.1 Å². The van der Waals surface area contributed by atoms with Gasteiger partial charge in [0.15, 0.2) is 6.29 Å². The maximum Gasteiger partial charge on any atom is 0.171 e. The highest BCUT2D eigenvalue weighted by atomic mass is 35.5. The van der Waals surface area contributed by atoms with Crippen molar-refractivity contribution in [1.29, 1.82) is 0 Å². The molecule has 0 radical (unpaired) electrons. The van der Waals surface area contributed by atoms with Gasteiger partial charge in [0.2, 0.25) is 0 Å². The van der Waals surface area contributed by atoms with Crippen LogP contribution in [0.2, 0.25) is 0 Å². The minimum atomic E-state index is -0.235. The maximum atomic E-state index is 5.71. The number of hydrogen-bond acceptors (Lipinski definition) is 2. The summed E-state index contributed by atoms with van der Waals surface area (Å²) in [7, 11) is 0. The Morgan fingerprint density at radius 3 is 2.54 bits per heavy atom. The van der Waals surface area contributed by atoms with Gasteiger partial charge in [-0.2, -0.15) is 0 Å². The monoisotopic (exact) mass is 206 g/mol. The molecule has 3 unspecified atom stereocenters. The second kappa shape index (κ2) is 4.16. The maximum absolute atomic E-state index is 5.71. The van der Waals surface area contributed by atoms with Crippen molar-refractivity contribution < 1.29 is 9.47 Å². The molecule has 0 aliphatic carbocycles. The number of alkyl halides is 1. The van der Waals surface area contributed by atoms with E-state index in [-0.39, 0.29) is 17.8 Å². The van der Waals surface area contributed by atoms with Gasteiger partial charge in [0, 0.05) is 0 Å². The van der Waals surface area contributed by atoms with Crippen LogP contribution in [0.5, 0.6) is 0 Å². The van der Waals surface area contributed by atoms with Gasteiger partial charge in [-0.1, -0.05) is 20.8 Å². The third-order valence-electron chi connectivity index (χ3n) is 3.07. The zero-order chi connectivity index (χ0) is 10.1. The van der Waals surface area contributed by atoms with E-state index in [9.17, 15) is 0 Å². The molecule has 3 heteroatoms. The summed E-state index contributed by atoms with van der Waals surface area (Å²) in [4.78, 5) is 0. The SMILES string of the molecule is CC1OC(CCl)OCC(C)(C)C1C. The van der Waals surface area contributed by atoms with Crippen LogP contribution in [-0.2, 0) is 9.47 Å². The molecule has 1 aliphatic heterocycles. The Balaban J connectivity index is 2.68. The molecule has 3 atom stereocenters. The van der Waals surface area contributed by atoms with Crippen LogP contribution < -0.4 is 0 Å². The Morgan fingerprint density at radius 1 is 1.38 bits per heavy atom. The van der Waals surface area contributed by atoms with Gasteiger partial charge in [-0.15, -0.1) is 11.6 Å². The first-order chi connectivity index (χ1) is 5.97. The van der Waals surface area contributed by atoms with E-state index in [1.165, 1.54) is 0 Å². The van der Waals surface area contributed by atoms with Crippen molar-refractivity contribution >= 4 is 11.6 Å². The summed E-state index contributed by atoms with van der Waals surface area (Å²) in [5.74, 6) is 0.897. The van der Waals surface area contributed by atoms with Crippen molar-refractivity contribution in [2.24, 2.45) is 11.3 Å². The van der Waals surface area contributed by atoms with Gasteiger partial charge in [0.1, 0.15) is 0 Å². The number of halogens is 1. The van der Waals surface area contributed by atoms with Crippen molar-refractivity contribution in [2.75, 3.05) is 12.5 Å². The van der Waals surface area contributed by atoms with E-state index in [1.54, 1.807) is 0 Å². The van der Waals surface area contributed by atoms with Crippen molar-refractivity contribution in [3.8, 4) is 0 Å². The normalized spacial score (nSPS) is 39.9. The van der Waals surface area contributed by atoms with Crippen LogP contribution in [0.3, 0.4) is 0 Å². The molecular formula is C10H19ClO2. The smallest absolute Gasteiger partial charge is 0.171 e. The molecule has 78 valence electrons. The fourth-order valence-corrected chi connectivity index (χ4v) is 1.71. The third-order valence-corrected chi connectivity index (χ3v) is 3.32. The molecule has 0 N–H and O–H groups in total. The van der Waals surface area contributed by atoms with Gasteiger partial charge in [0.25, 0.3) is 0 Å². The first-order valence-electron chi connectivity index (χ1n) is 4.80. The molecule has 1 fully saturated rings.